The molecular formula is C8H14N4. The Morgan fingerprint density at radius 2 is 2.00 bits per heavy atom. The predicted octanol–water partition coefficient (Wildman–Crippen LogP) is 0.720. The number of hydrogen-bond donors (Lipinski definition) is 1. The van der Waals surface area contributed by atoms with E-state index in [0.29, 0.717) is 12.1 Å². The average Bonchev–Trinajstić information content (AvgIpc) is 2.56. The van der Waals surface area contributed by atoms with Crippen LogP contribution in [0.4, 0.5) is 0 Å². The fourth-order valence-corrected chi connectivity index (χ4v) is 1.83. The highest BCUT2D eigenvalue weighted by Crippen LogP contribution is 2.25. The minimum atomic E-state index is 0.342. The van der Waals surface area contributed by atoms with E-state index in [1.54, 1.807) is 17.2 Å². The highest BCUT2D eigenvalue weighted by molar-refractivity contribution is 4.77. The van der Waals surface area contributed by atoms with Gasteiger partial charge in [0.1, 0.15) is 0 Å². The van der Waals surface area contributed by atoms with Gasteiger partial charge in [0, 0.05) is 6.04 Å². The van der Waals surface area contributed by atoms with Gasteiger partial charge in [0.2, 0.25) is 0 Å². The molecule has 0 radical (unpaired) electrons. The van der Waals surface area contributed by atoms with Crippen LogP contribution in [0.5, 0.6) is 0 Å². The molecule has 4 heteroatoms. The molecule has 2 rings (SSSR count). The van der Waals surface area contributed by atoms with Crippen molar-refractivity contribution < 1.29 is 0 Å². The topological polar surface area (TPSA) is 56.7 Å². The third kappa shape index (κ3) is 1.48. The Morgan fingerprint density at radius 3 is 2.67 bits per heavy atom. The second-order valence-corrected chi connectivity index (χ2v) is 3.43. The quantitative estimate of drug-likeness (QED) is 0.668. The average molecular weight is 166 g/mol. The van der Waals surface area contributed by atoms with Crippen molar-refractivity contribution in [3.05, 3.63) is 12.4 Å². The Hall–Kier alpha value is -0.900. The lowest BCUT2D eigenvalue weighted by Crippen LogP contribution is -2.30. The summed E-state index contributed by atoms with van der Waals surface area (Å²) in [5.74, 6) is 0. The number of aromatic nitrogens is 3. The molecule has 1 heterocycles. The number of nitrogens with two attached hydrogens (primary N) is 1. The van der Waals surface area contributed by atoms with Crippen molar-refractivity contribution in [2.24, 2.45) is 5.73 Å². The fourth-order valence-electron chi connectivity index (χ4n) is 1.83. The summed E-state index contributed by atoms with van der Waals surface area (Å²) >= 11 is 0. The zero-order valence-electron chi connectivity index (χ0n) is 7.06. The second kappa shape index (κ2) is 3.23. The zero-order chi connectivity index (χ0) is 8.39. The molecule has 2 atom stereocenters. The molecule has 0 saturated heterocycles. The second-order valence-electron chi connectivity index (χ2n) is 3.43. The van der Waals surface area contributed by atoms with E-state index >= 15 is 0 Å². The first-order chi connectivity index (χ1) is 5.86. The normalized spacial score (nSPS) is 30.4. The van der Waals surface area contributed by atoms with Crippen LogP contribution in [0.15, 0.2) is 12.4 Å². The molecule has 0 amide bonds. The Morgan fingerprint density at radius 1 is 1.25 bits per heavy atom. The van der Waals surface area contributed by atoms with E-state index in [-0.39, 0.29) is 0 Å². The molecular weight excluding hydrogens is 152 g/mol. The van der Waals surface area contributed by atoms with E-state index in [1.807, 2.05) is 0 Å². The van der Waals surface area contributed by atoms with E-state index in [0.717, 1.165) is 12.8 Å². The van der Waals surface area contributed by atoms with Gasteiger partial charge in [0.15, 0.2) is 0 Å². The van der Waals surface area contributed by atoms with E-state index in [4.69, 9.17) is 5.73 Å². The van der Waals surface area contributed by atoms with E-state index in [9.17, 15) is 0 Å². The Balaban J connectivity index is 2.04. The van der Waals surface area contributed by atoms with Gasteiger partial charge in [-0.25, -0.2) is 0 Å². The van der Waals surface area contributed by atoms with Gasteiger partial charge in [-0.05, 0) is 25.7 Å². The zero-order valence-corrected chi connectivity index (χ0v) is 7.06. The van der Waals surface area contributed by atoms with Crippen molar-refractivity contribution in [2.75, 3.05) is 0 Å². The van der Waals surface area contributed by atoms with E-state index in [2.05, 4.69) is 10.2 Å². The van der Waals surface area contributed by atoms with Crippen LogP contribution in [0.25, 0.3) is 0 Å². The predicted molar refractivity (Wildman–Crippen MR) is 45.5 cm³/mol. The van der Waals surface area contributed by atoms with Gasteiger partial charge in [0.05, 0.1) is 18.4 Å². The fraction of sp³-hybridized carbons (Fsp3) is 0.750. The monoisotopic (exact) mass is 166 g/mol. The molecule has 0 aliphatic heterocycles. The van der Waals surface area contributed by atoms with Gasteiger partial charge < -0.3 is 5.73 Å². The van der Waals surface area contributed by atoms with Crippen LogP contribution in [0, 0.1) is 0 Å². The molecule has 1 aliphatic carbocycles. The smallest absolute Gasteiger partial charge is 0.0731 e. The Kier molecular flexibility index (Phi) is 2.08. The molecule has 0 spiro atoms. The van der Waals surface area contributed by atoms with Crippen LogP contribution < -0.4 is 5.73 Å². The molecule has 2 N–H and O–H groups in total. The maximum absolute atomic E-state index is 5.86. The lowest BCUT2D eigenvalue weighted by molar-refractivity contribution is 0.277. The summed E-state index contributed by atoms with van der Waals surface area (Å²) < 4.78 is 0. The maximum atomic E-state index is 5.86. The minimum Gasteiger partial charge on any atom is -0.328 e. The molecule has 12 heavy (non-hydrogen) atoms. The number of rotatable bonds is 1. The highest BCUT2D eigenvalue weighted by Gasteiger charge is 2.21. The summed E-state index contributed by atoms with van der Waals surface area (Å²) in [6.45, 7) is 0. The van der Waals surface area contributed by atoms with Crippen LogP contribution in [0.1, 0.15) is 31.7 Å². The van der Waals surface area contributed by atoms with Crippen LogP contribution in [0.2, 0.25) is 0 Å². The molecule has 2 unspecified atom stereocenters. The number of hydrogen-bond acceptors (Lipinski definition) is 3. The van der Waals surface area contributed by atoms with Gasteiger partial charge in [-0.3, -0.25) is 0 Å². The first-order valence-corrected chi connectivity index (χ1v) is 4.47. The van der Waals surface area contributed by atoms with Crippen LogP contribution in [-0.2, 0) is 0 Å². The van der Waals surface area contributed by atoms with Crippen LogP contribution in [-0.4, -0.2) is 21.0 Å². The summed E-state index contributed by atoms with van der Waals surface area (Å²) in [5.41, 5.74) is 5.86. The molecule has 1 fully saturated rings. The summed E-state index contributed by atoms with van der Waals surface area (Å²) in [5, 5.41) is 8.25. The lowest BCUT2D eigenvalue weighted by atomic mass is 9.92. The lowest BCUT2D eigenvalue weighted by Gasteiger charge is -2.25. The van der Waals surface area contributed by atoms with Crippen molar-refractivity contribution in [3.63, 3.8) is 0 Å². The van der Waals surface area contributed by atoms with Crippen molar-refractivity contribution in [1.29, 1.82) is 0 Å². The molecule has 4 nitrogen and oxygen atoms in total. The molecule has 1 saturated carbocycles. The van der Waals surface area contributed by atoms with Crippen LogP contribution >= 0.6 is 0 Å². The summed E-state index contributed by atoms with van der Waals surface area (Å²) in [6.07, 6.45) is 7.99. The van der Waals surface area contributed by atoms with Crippen molar-refractivity contribution in [3.8, 4) is 0 Å². The van der Waals surface area contributed by atoms with Crippen molar-refractivity contribution >= 4 is 0 Å². The summed E-state index contributed by atoms with van der Waals surface area (Å²) in [4.78, 5) is 1.79. The van der Waals surface area contributed by atoms with Gasteiger partial charge >= 0.3 is 0 Å². The summed E-state index contributed by atoms with van der Waals surface area (Å²) in [7, 11) is 0. The molecule has 1 aromatic heterocycles. The van der Waals surface area contributed by atoms with E-state index in [1.165, 1.54) is 12.8 Å². The Bertz CT molecular complexity index is 231. The molecule has 0 bridgehead atoms. The largest absolute Gasteiger partial charge is 0.328 e. The molecule has 1 aromatic rings. The third-order valence-electron chi connectivity index (χ3n) is 2.45. The molecule has 1 aliphatic rings. The third-order valence-corrected chi connectivity index (χ3v) is 2.45. The highest BCUT2D eigenvalue weighted by atomic mass is 15.5. The SMILES string of the molecule is NC1CCCC(n2nccn2)C1. The van der Waals surface area contributed by atoms with Gasteiger partial charge in [-0.1, -0.05) is 0 Å². The van der Waals surface area contributed by atoms with Crippen molar-refractivity contribution in [1.82, 2.24) is 15.0 Å². The molecule has 66 valence electrons. The number of nitrogens with zero attached hydrogens (tertiary/aromatic N) is 3. The maximum Gasteiger partial charge on any atom is 0.0731 e. The van der Waals surface area contributed by atoms with E-state index < -0.39 is 0 Å². The van der Waals surface area contributed by atoms with Gasteiger partial charge in [-0.2, -0.15) is 15.0 Å². The first-order valence-electron chi connectivity index (χ1n) is 4.47. The standard InChI is InChI=1S/C8H14N4/c9-7-2-1-3-8(6-7)12-10-4-5-11-12/h4-5,7-8H,1-3,6,9H2. The van der Waals surface area contributed by atoms with Gasteiger partial charge in [0.25, 0.3) is 0 Å². The molecule has 0 aromatic carbocycles. The first kappa shape index (κ1) is 7.73. The minimum absolute atomic E-state index is 0.342. The summed E-state index contributed by atoms with van der Waals surface area (Å²) in [6, 6.07) is 0.776. The van der Waals surface area contributed by atoms with Crippen molar-refractivity contribution in [2.45, 2.75) is 37.8 Å². The Labute approximate surface area is 71.8 Å². The van der Waals surface area contributed by atoms with Gasteiger partial charge in [-0.15, -0.1) is 0 Å². The van der Waals surface area contributed by atoms with Crippen LogP contribution in [0.3, 0.4) is 0 Å².